The number of rotatable bonds is 5. The van der Waals surface area contributed by atoms with E-state index in [4.69, 9.17) is 4.74 Å². The van der Waals surface area contributed by atoms with Gasteiger partial charge in [0.1, 0.15) is 0 Å². The normalized spacial score (nSPS) is 16.7. The van der Waals surface area contributed by atoms with Crippen LogP contribution in [0.3, 0.4) is 0 Å². The van der Waals surface area contributed by atoms with Gasteiger partial charge in [-0.2, -0.15) is 0 Å². The molecular weight excluding hydrogens is 326 g/mol. The first-order chi connectivity index (χ1) is 11.6. The summed E-state index contributed by atoms with van der Waals surface area (Å²) in [5.74, 6) is -0.220. The van der Waals surface area contributed by atoms with Crippen LogP contribution in [0, 0.1) is 0 Å². The number of nitrogens with one attached hydrogen (secondary N) is 1. The number of aryl methyl sites for hydroxylation is 1. The van der Waals surface area contributed by atoms with Gasteiger partial charge >= 0.3 is 0 Å². The second-order valence-corrected chi connectivity index (χ2v) is 6.73. The predicted octanol–water partition coefficient (Wildman–Crippen LogP) is 1.25. The molecule has 2 aromatic rings. The Kier molecular flexibility index (Phi) is 5.44. The molecule has 0 aliphatic carbocycles. The van der Waals surface area contributed by atoms with Crippen LogP contribution in [0.25, 0.3) is 0 Å². The van der Waals surface area contributed by atoms with Crippen LogP contribution < -0.4 is 10.9 Å². The fraction of sp³-hybridized carbons (Fsp3) is 0.412. The molecule has 3 rings (SSSR count). The topological polar surface area (TPSA) is 63.6 Å². The Morgan fingerprint density at radius 1 is 1.38 bits per heavy atom. The van der Waals surface area contributed by atoms with Crippen LogP contribution in [0.1, 0.15) is 21.3 Å². The lowest BCUT2D eigenvalue weighted by molar-refractivity contribution is 0.0169. The number of carbonyl (C=O) groups is 1. The van der Waals surface area contributed by atoms with Crippen LogP contribution >= 0.6 is 11.3 Å². The smallest absolute Gasteiger partial charge is 0.251 e. The third kappa shape index (κ3) is 3.92. The van der Waals surface area contributed by atoms with E-state index in [2.05, 4.69) is 16.3 Å². The molecular formula is C17H21N3O3S. The summed E-state index contributed by atoms with van der Waals surface area (Å²) in [7, 11) is 1.66. The van der Waals surface area contributed by atoms with Gasteiger partial charge < -0.3 is 14.6 Å². The quantitative estimate of drug-likeness (QED) is 0.884. The summed E-state index contributed by atoms with van der Waals surface area (Å²) in [6, 6.07) is 7.27. The van der Waals surface area contributed by atoms with Crippen LogP contribution in [0.5, 0.6) is 0 Å². The molecule has 3 heterocycles. The third-order valence-corrected chi connectivity index (χ3v) is 5.15. The third-order valence-electron chi connectivity index (χ3n) is 4.18. The van der Waals surface area contributed by atoms with Gasteiger partial charge in [0, 0.05) is 49.4 Å². The maximum Gasteiger partial charge on any atom is 0.251 e. The molecule has 1 saturated heterocycles. The van der Waals surface area contributed by atoms with Crippen LogP contribution in [-0.4, -0.2) is 48.2 Å². The summed E-state index contributed by atoms with van der Waals surface area (Å²) >= 11 is 1.69. The fourth-order valence-corrected chi connectivity index (χ4v) is 3.62. The lowest BCUT2D eigenvalue weighted by atomic mass is 10.1. The van der Waals surface area contributed by atoms with E-state index >= 15 is 0 Å². The zero-order valence-corrected chi connectivity index (χ0v) is 14.4. The Balaban J connectivity index is 1.69. The van der Waals surface area contributed by atoms with E-state index in [0.717, 1.165) is 13.1 Å². The Morgan fingerprint density at radius 2 is 2.17 bits per heavy atom. The largest absolute Gasteiger partial charge is 0.379 e. The maximum absolute atomic E-state index is 12.4. The monoisotopic (exact) mass is 347 g/mol. The van der Waals surface area contributed by atoms with Crippen molar-refractivity contribution in [3.05, 3.63) is 56.6 Å². The molecule has 1 fully saturated rings. The van der Waals surface area contributed by atoms with Crippen LogP contribution in [0.15, 0.2) is 40.6 Å². The van der Waals surface area contributed by atoms with E-state index in [-0.39, 0.29) is 17.5 Å². The first-order valence-corrected chi connectivity index (χ1v) is 8.83. The average molecular weight is 347 g/mol. The number of pyridine rings is 1. The van der Waals surface area contributed by atoms with Crippen molar-refractivity contribution < 1.29 is 9.53 Å². The lowest BCUT2D eigenvalue weighted by Gasteiger charge is -2.34. The fourth-order valence-electron chi connectivity index (χ4n) is 2.76. The number of amides is 1. The van der Waals surface area contributed by atoms with Gasteiger partial charge in [-0.05, 0) is 17.5 Å². The van der Waals surface area contributed by atoms with E-state index in [9.17, 15) is 9.59 Å². The van der Waals surface area contributed by atoms with Crippen molar-refractivity contribution in [2.45, 2.75) is 6.04 Å². The molecule has 0 saturated carbocycles. The molecule has 2 aromatic heterocycles. The Morgan fingerprint density at radius 3 is 2.83 bits per heavy atom. The molecule has 7 heteroatoms. The molecule has 0 unspecified atom stereocenters. The van der Waals surface area contributed by atoms with Crippen molar-refractivity contribution in [1.29, 1.82) is 0 Å². The number of carbonyl (C=O) groups excluding carboxylic acids is 1. The number of thiophene rings is 1. The van der Waals surface area contributed by atoms with Crippen molar-refractivity contribution >= 4 is 17.2 Å². The van der Waals surface area contributed by atoms with Crippen molar-refractivity contribution in [3.63, 3.8) is 0 Å². The van der Waals surface area contributed by atoms with E-state index in [1.165, 1.54) is 15.5 Å². The molecule has 6 nitrogen and oxygen atoms in total. The van der Waals surface area contributed by atoms with Crippen LogP contribution in [0.2, 0.25) is 0 Å². The van der Waals surface area contributed by atoms with E-state index in [0.29, 0.717) is 25.3 Å². The second-order valence-electron chi connectivity index (χ2n) is 5.75. The number of hydrogen-bond donors (Lipinski definition) is 1. The van der Waals surface area contributed by atoms with Gasteiger partial charge in [0.05, 0.1) is 19.3 Å². The number of nitrogens with zero attached hydrogens (tertiary/aromatic N) is 2. The number of morpholine rings is 1. The van der Waals surface area contributed by atoms with Gasteiger partial charge in [-0.3, -0.25) is 14.5 Å². The lowest BCUT2D eigenvalue weighted by Crippen LogP contribution is -2.43. The van der Waals surface area contributed by atoms with Crippen molar-refractivity contribution in [1.82, 2.24) is 14.8 Å². The summed E-state index contributed by atoms with van der Waals surface area (Å²) in [4.78, 5) is 27.6. The molecule has 1 amide bonds. The minimum Gasteiger partial charge on any atom is -0.379 e. The first-order valence-electron chi connectivity index (χ1n) is 7.95. The summed E-state index contributed by atoms with van der Waals surface area (Å²) in [6.45, 7) is 3.64. The predicted molar refractivity (Wildman–Crippen MR) is 93.5 cm³/mol. The average Bonchev–Trinajstić information content (AvgIpc) is 3.12. The standard InChI is InChI=1S/C17H21N3O3S/c1-19-5-4-13(11-16(19)21)17(22)18-12-14(15-3-2-10-24-15)20-6-8-23-9-7-20/h2-5,10-11,14H,6-9,12H2,1H3,(H,18,22)/t14-/m0/s1. The van der Waals surface area contributed by atoms with Crippen molar-refractivity contribution in [2.24, 2.45) is 7.05 Å². The summed E-state index contributed by atoms with van der Waals surface area (Å²) in [6.07, 6.45) is 1.61. The molecule has 128 valence electrons. The molecule has 24 heavy (non-hydrogen) atoms. The highest BCUT2D eigenvalue weighted by Gasteiger charge is 2.24. The Bertz CT molecular complexity index is 736. The summed E-state index contributed by atoms with van der Waals surface area (Å²) in [5, 5.41) is 5.02. The summed E-state index contributed by atoms with van der Waals surface area (Å²) in [5.41, 5.74) is 0.204. The molecule has 0 spiro atoms. The van der Waals surface area contributed by atoms with Crippen molar-refractivity contribution in [2.75, 3.05) is 32.8 Å². The minimum atomic E-state index is -0.220. The van der Waals surface area contributed by atoms with Gasteiger partial charge in [-0.25, -0.2) is 0 Å². The molecule has 0 radical (unpaired) electrons. The molecule has 1 atom stereocenters. The van der Waals surface area contributed by atoms with Crippen LogP contribution in [0.4, 0.5) is 0 Å². The number of ether oxygens (including phenoxy) is 1. The highest BCUT2D eigenvalue weighted by Crippen LogP contribution is 2.25. The van der Waals surface area contributed by atoms with E-state index in [1.54, 1.807) is 30.6 Å². The molecule has 1 N–H and O–H groups in total. The van der Waals surface area contributed by atoms with Gasteiger partial charge in [0.25, 0.3) is 11.5 Å². The Hall–Kier alpha value is -1.96. The Labute approximate surface area is 144 Å². The minimum absolute atomic E-state index is 0.129. The van der Waals surface area contributed by atoms with Gasteiger partial charge in [0.2, 0.25) is 0 Å². The van der Waals surface area contributed by atoms with Gasteiger partial charge in [-0.1, -0.05) is 6.07 Å². The van der Waals surface area contributed by atoms with Crippen molar-refractivity contribution in [3.8, 4) is 0 Å². The van der Waals surface area contributed by atoms with E-state index < -0.39 is 0 Å². The first kappa shape index (κ1) is 16.9. The maximum atomic E-state index is 12.4. The summed E-state index contributed by atoms with van der Waals surface area (Å²) < 4.78 is 6.87. The van der Waals surface area contributed by atoms with Crippen LogP contribution in [-0.2, 0) is 11.8 Å². The zero-order chi connectivity index (χ0) is 16.9. The second kappa shape index (κ2) is 7.74. The zero-order valence-electron chi connectivity index (χ0n) is 13.6. The molecule has 0 aromatic carbocycles. The number of hydrogen-bond acceptors (Lipinski definition) is 5. The SMILES string of the molecule is Cn1ccc(C(=O)NC[C@@H](c2cccs2)N2CCOCC2)cc1=O. The number of aromatic nitrogens is 1. The molecule has 1 aliphatic heterocycles. The van der Waals surface area contributed by atoms with Gasteiger partial charge in [-0.15, -0.1) is 11.3 Å². The molecule has 0 bridgehead atoms. The highest BCUT2D eigenvalue weighted by atomic mass is 32.1. The molecule has 1 aliphatic rings. The highest BCUT2D eigenvalue weighted by molar-refractivity contribution is 7.10. The van der Waals surface area contributed by atoms with E-state index in [1.807, 2.05) is 11.4 Å². The van der Waals surface area contributed by atoms with Gasteiger partial charge in [0.15, 0.2) is 0 Å².